The van der Waals surface area contributed by atoms with E-state index in [2.05, 4.69) is 0 Å². The second-order valence-electron chi connectivity index (χ2n) is 3.96. The smallest absolute Gasteiger partial charge is 0.310 e. The van der Waals surface area contributed by atoms with Gasteiger partial charge in [0.1, 0.15) is 0 Å². The van der Waals surface area contributed by atoms with Crippen LogP contribution in [-0.2, 0) is 22.4 Å². The van der Waals surface area contributed by atoms with Crippen LogP contribution in [0, 0.1) is 11.3 Å². The molecule has 1 aromatic rings. The van der Waals surface area contributed by atoms with Gasteiger partial charge in [-0.1, -0.05) is 6.92 Å². The predicted octanol–water partition coefficient (Wildman–Crippen LogP) is 3.16. The van der Waals surface area contributed by atoms with E-state index in [1.165, 1.54) is 6.07 Å². The Balaban J connectivity index is 3.26. The largest absolute Gasteiger partial charge is 0.466 e. The van der Waals surface area contributed by atoms with Crippen molar-refractivity contribution in [1.82, 2.24) is 0 Å². The zero-order valence-corrected chi connectivity index (χ0v) is 10.9. The molecule has 3 nitrogen and oxygen atoms in total. The molecule has 102 valence electrons. The minimum Gasteiger partial charge on any atom is -0.466 e. The Bertz CT molecular complexity index is 507. The van der Waals surface area contributed by atoms with Crippen LogP contribution in [0.3, 0.4) is 0 Å². The molecule has 0 atom stereocenters. The Morgan fingerprint density at radius 3 is 2.58 bits per heavy atom. The number of benzene rings is 1. The fraction of sp³-hybridized carbons (Fsp3) is 0.429. The van der Waals surface area contributed by atoms with E-state index in [9.17, 15) is 13.6 Å². The fourth-order valence-corrected chi connectivity index (χ4v) is 1.81. The molecule has 0 amide bonds. The molecule has 0 aliphatic heterocycles. The number of hydrogen-bond donors (Lipinski definition) is 0. The molecular formula is C14H15F2NO2. The minimum absolute atomic E-state index is 0.0631. The first-order chi connectivity index (χ1) is 9.03. The molecule has 0 spiro atoms. The van der Waals surface area contributed by atoms with Crippen molar-refractivity contribution in [3.63, 3.8) is 0 Å². The zero-order valence-electron chi connectivity index (χ0n) is 10.9. The summed E-state index contributed by atoms with van der Waals surface area (Å²) in [5, 5.41) is 9.04. The van der Waals surface area contributed by atoms with Crippen LogP contribution in [0.15, 0.2) is 12.1 Å². The molecule has 0 bridgehead atoms. The van der Waals surface area contributed by atoms with E-state index in [0.29, 0.717) is 12.0 Å². The minimum atomic E-state index is -2.72. The van der Waals surface area contributed by atoms with Crippen LogP contribution in [0.4, 0.5) is 8.78 Å². The molecule has 1 aromatic carbocycles. The number of nitriles is 1. The van der Waals surface area contributed by atoms with Crippen LogP contribution < -0.4 is 0 Å². The van der Waals surface area contributed by atoms with E-state index in [4.69, 9.17) is 10.00 Å². The zero-order chi connectivity index (χ0) is 14.4. The number of ether oxygens (including phenoxy) is 1. The van der Waals surface area contributed by atoms with Crippen LogP contribution in [0.5, 0.6) is 0 Å². The Labute approximate surface area is 110 Å². The number of carbonyl (C=O) groups is 1. The second-order valence-corrected chi connectivity index (χ2v) is 3.96. The average Bonchev–Trinajstić information content (AvgIpc) is 2.38. The molecular weight excluding hydrogens is 252 g/mol. The summed E-state index contributed by atoms with van der Waals surface area (Å²) < 4.78 is 30.8. The fourth-order valence-electron chi connectivity index (χ4n) is 1.81. The molecule has 19 heavy (non-hydrogen) atoms. The highest BCUT2D eigenvalue weighted by Crippen LogP contribution is 2.28. The summed E-state index contributed by atoms with van der Waals surface area (Å²) in [5.74, 6) is -0.606. The van der Waals surface area contributed by atoms with Crippen LogP contribution in [0.25, 0.3) is 0 Å². The number of alkyl halides is 2. The van der Waals surface area contributed by atoms with Gasteiger partial charge in [-0.15, -0.1) is 0 Å². The summed E-state index contributed by atoms with van der Waals surface area (Å²) in [6.45, 7) is 3.63. The maximum atomic E-state index is 13.0. The number of carbonyl (C=O) groups excluding carboxylic acids is 1. The van der Waals surface area contributed by atoms with E-state index >= 15 is 0 Å². The van der Waals surface area contributed by atoms with Crippen molar-refractivity contribution < 1.29 is 18.3 Å². The van der Waals surface area contributed by atoms with Gasteiger partial charge < -0.3 is 4.74 Å². The molecule has 0 heterocycles. The Morgan fingerprint density at radius 2 is 2.11 bits per heavy atom. The summed E-state index contributed by atoms with van der Waals surface area (Å²) in [5.41, 5.74) is 0.569. The van der Waals surface area contributed by atoms with E-state index in [1.807, 2.05) is 13.0 Å². The topological polar surface area (TPSA) is 50.1 Å². The van der Waals surface area contributed by atoms with Crippen molar-refractivity contribution in [2.45, 2.75) is 33.1 Å². The molecule has 0 unspecified atom stereocenters. The van der Waals surface area contributed by atoms with Crippen molar-refractivity contribution in [3.05, 3.63) is 34.4 Å². The van der Waals surface area contributed by atoms with Crippen LogP contribution in [0.2, 0.25) is 0 Å². The highest BCUT2D eigenvalue weighted by molar-refractivity contribution is 5.74. The molecule has 0 fully saturated rings. The molecule has 0 aliphatic rings. The summed E-state index contributed by atoms with van der Waals surface area (Å²) in [6.07, 6.45) is -2.47. The standard InChI is InChI=1S/C14H15F2NO2/c1-3-9-5-10(8-17)11(7-13(18)19-4-2)12(6-9)14(15)16/h5-6,14H,3-4,7H2,1-2H3. The van der Waals surface area contributed by atoms with Crippen LogP contribution in [-0.4, -0.2) is 12.6 Å². The first-order valence-electron chi connectivity index (χ1n) is 6.03. The summed E-state index contributed by atoms with van der Waals surface area (Å²) in [7, 11) is 0. The lowest BCUT2D eigenvalue weighted by Crippen LogP contribution is -2.11. The summed E-state index contributed by atoms with van der Waals surface area (Å²) in [4.78, 5) is 11.4. The van der Waals surface area contributed by atoms with Crippen LogP contribution >= 0.6 is 0 Å². The van der Waals surface area contributed by atoms with Crippen molar-refractivity contribution in [2.75, 3.05) is 6.61 Å². The van der Waals surface area contributed by atoms with E-state index in [0.717, 1.165) is 0 Å². The lowest BCUT2D eigenvalue weighted by Gasteiger charge is -2.12. The summed E-state index contributed by atoms with van der Waals surface area (Å²) in [6, 6.07) is 4.76. The normalized spacial score (nSPS) is 10.3. The van der Waals surface area contributed by atoms with E-state index in [-0.39, 0.29) is 29.7 Å². The number of aryl methyl sites for hydroxylation is 1. The molecule has 0 N–H and O–H groups in total. The maximum Gasteiger partial charge on any atom is 0.310 e. The third-order valence-corrected chi connectivity index (χ3v) is 2.73. The number of esters is 1. The van der Waals surface area contributed by atoms with Gasteiger partial charge in [0.05, 0.1) is 24.7 Å². The van der Waals surface area contributed by atoms with Crippen LogP contribution in [0.1, 0.15) is 42.5 Å². The van der Waals surface area contributed by atoms with Crippen molar-refractivity contribution in [3.8, 4) is 6.07 Å². The van der Waals surface area contributed by atoms with Crippen molar-refractivity contribution in [2.24, 2.45) is 0 Å². The third kappa shape index (κ3) is 3.75. The molecule has 0 saturated carbocycles. The number of halogens is 2. The van der Waals surface area contributed by atoms with Gasteiger partial charge in [0.25, 0.3) is 6.43 Å². The van der Waals surface area contributed by atoms with Crippen molar-refractivity contribution in [1.29, 1.82) is 5.26 Å². The Morgan fingerprint density at radius 1 is 1.42 bits per heavy atom. The highest BCUT2D eigenvalue weighted by atomic mass is 19.3. The van der Waals surface area contributed by atoms with E-state index in [1.54, 1.807) is 13.0 Å². The van der Waals surface area contributed by atoms with Gasteiger partial charge in [-0.2, -0.15) is 5.26 Å². The summed E-state index contributed by atoms with van der Waals surface area (Å²) >= 11 is 0. The second kappa shape index (κ2) is 6.83. The lowest BCUT2D eigenvalue weighted by molar-refractivity contribution is -0.142. The monoisotopic (exact) mass is 267 g/mol. The quantitative estimate of drug-likeness (QED) is 0.770. The Kier molecular flexibility index (Phi) is 5.43. The van der Waals surface area contributed by atoms with E-state index < -0.39 is 12.4 Å². The SMILES string of the molecule is CCOC(=O)Cc1c(C#N)cc(CC)cc1C(F)F. The molecule has 0 aliphatic carbocycles. The van der Waals surface area contributed by atoms with Gasteiger partial charge in [0.2, 0.25) is 0 Å². The third-order valence-electron chi connectivity index (χ3n) is 2.73. The van der Waals surface area contributed by atoms with Gasteiger partial charge in [0, 0.05) is 5.56 Å². The molecule has 0 saturated heterocycles. The number of nitrogens with zero attached hydrogens (tertiary/aromatic N) is 1. The van der Waals surface area contributed by atoms with Gasteiger partial charge in [0.15, 0.2) is 0 Å². The first-order valence-corrected chi connectivity index (χ1v) is 6.03. The van der Waals surface area contributed by atoms with Crippen molar-refractivity contribution >= 4 is 5.97 Å². The van der Waals surface area contributed by atoms with Gasteiger partial charge in [-0.05, 0) is 36.6 Å². The Hall–Kier alpha value is -1.96. The number of hydrogen-bond acceptors (Lipinski definition) is 3. The maximum absolute atomic E-state index is 13.0. The predicted molar refractivity (Wildman–Crippen MR) is 65.8 cm³/mol. The molecule has 0 radical (unpaired) electrons. The molecule has 5 heteroatoms. The molecule has 0 aromatic heterocycles. The van der Waals surface area contributed by atoms with Gasteiger partial charge in [-0.25, -0.2) is 8.78 Å². The average molecular weight is 267 g/mol. The number of rotatable bonds is 5. The highest BCUT2D eigenvalue weighted by Gasteiger charge is 2.20. The van der Waals surface area contributed by atoms with Gasteiger partial charge >= 0.3 is 5.97 Å². The first kappa shape index (κ1) is 15.1. The lowest BCUT2D eigenvalue weighted by atomic mass is 9.95. The molecule has 1 rings (SSSR count). The van der Waals surface area contributed by atoms with Gasteiger partial charge in [-0.3, -0.25) is 4.79 Å².